The molecule has 0 radical (unpaired) electrons. The number of hydrogen-bond acceptors (Lipinski definition) is 5. The molecule has 2 heterocycles. The Morgan fingerprint density at radius 2 is 2.08 bits per heavy atom. The highest BCUT2D eigenvalue weighted by Gasteiger charge is 2.34. The van der Waals surface area contributed by atoms with E-state index in [1.165, 1.54) is 11.3 Å². The van der Waals surface area contributed by atoms with Gasteiger partial charge in [-0.2, -0.15) is 0 Å². The van der Waals surface area contributed by atoms with Gasteiger partial charge in [0, 0.05) is 28.6 Å². The summed E-state index contributed by atoms with van der Waals surface area (Å²) in [5.41, 5.74) is 1.26. The zero-order valence-electron chi connectivity index (χ0n) is 13.1. The summed E-state index contributed by atoms with van der Waals surface area (Å²) in [6.45, 7) is 2.32. The quantitative estimate of drug-likeness (QED) is 0.812. The second kappa shape index (κ2) is 6.82. The molecule has 8 heteroatoms. The van der Waals surface area contributed by atoms with E-state index in [0.29, 0.717) is 23.7 Å². The predicted octanol–water partition coefficient (Wildman–Crippen LogP) is 3.11. The molecule has 1 saturated heterocycles. The van der Waals surface area contributed by atoms with Gasteiger partial charge in [0.15, 0.2) is 9.84 Å². The molecule has 0 saturated carbocycles. The maximum absolute atomic E-state index is 12.7. The van der Waals surface area contributed by atoms with E-state index in [0.717, 1.165) is 10.6 Å². The van der Waals surface area contributed by atoms with Crippen LogP contribution in [0.15, 0.2) is 29.6 Å². The number of hydrogen-bond donors (Lipinski definition) is 0. The number of aromatic nitrogens is 1. The number of carbonyl (C=O) groups excluding carboxylic acids is 1. The summed E-state index contributed by atoms with van der Waals surface area (Å²) in [7, 11) is -3.03. The van der Waals surface area contributed by atoms with E-state index in [2.05, 4.69) is 4.98 Å². The fraction of sp³-hybridized carbons (Fsp3) is 0.375. The van der Waals surface area contributed by atoms with Crippen LogP contribution in [-0.2, 0) is 9.84 Å². The van der Waals surface area contributed by atoms with Crippen molar-refractivity contribution < 1.29 is 13.2 Å². The van der Waals surface area contributed by atoms with Crippen molar-refractivity contribution in [2.24, 2.45) is 0 Å². The Bertz CT molecular complexity index is 846. The summed E-state index contributed by atoms with van der Waals surface area (Å²) in [6, 6.07) is 7.02. The monoisotopic (exact) mass is 384 g/mol. The lowest BCUT2D eigenvalue weighted by Crippen LogP contribution is -2.41. The molecule has 2 aromatic rings. The number of sulfone groups is 1. The first kappa shape index (κ1) is 17.4. The maximum Gasteiger partial charge on any atom is 0.273 e. The normalized spacial score (nSPS) is 19.3. The van der Waals surface area contributed by atoms with E-state index in [1.807, 2.05) is 19.1 Å². The Hall–Kier alpha value is -1.44. The largest absolute Gasteiger partial charge is 0.334 e. The summed E-state index contributed by atoms with van der Waals surface area (Å²) < 4.78 is 23.3. The Labute approximate surface area is 150 Å². The molecule has 0 aliphatic carbocycles. The number of rotatable bonds is 4. The van der Waals surface area contributed by atoms with Gasteiger partial charge in [0.2, 0.25) is 0 Å². The standard InChI is InChI=1S/C16H17ClN2O3S2/c1-2-19(13-7-8-24(21,22)10-13)16(20)14-9-23-15(18-14)11-3-5-12(17)6-4-11/h3-6,9,13H,2,7-8,10H2,1H3. The number of carbonyl (C=O) groups is 1. The first-order valence-corrected chi connectivity index (χ1v) is 10.7. The van der Waals surface area contributed by atoms with Crippen molar-refractivity contribution in [3.8, 4) is 10.6 Å². The third-order valence-corrected chi connectivity index (χ3v) is 6.96. The van der Waals surface area contributed by atoms with Crippen LogP contribution >= 0.6 is 22.9 Å². The highest BCUT2D eigenvalue weighted by molar-refractivity contribution is 7.91. The Morgan fingerprint density at radius 3 is 2.67 bits per heavy atom. The molecule has 5 nitrogen and oxygen atoms in total. The molecular formula is C16H17ClN2O3S2. The lowest BCUT2D eigenvalue weighted by molar-refractivity contribution is 0.0703. The first-order chi connectivity index (χ1) is 11.4. The van der Waals surface area contributed by atoms with Gasteiger partial charge >= 0.3 is 0 Å². The van der Waals surface area contributed by atoms with Gasteiger partial charge in [-0.05, 0) is 25.5 Å². The summed E-state index contributed by atoms with van der Waals surface area (Å²) in [5, 5.41) is 3.11. The molecule has 1 atom stereocenters. The molecule has 1 fully saturated rings. The van der Waals surface area contributed by atoms with E-state index in [-0.39, 0.29) is 23.5 Å². The fourth-order valence-electron chi connectivity index (χ4n) is 2.83. The van der Waals surface area contributed by atoms with Gasteiger partial charge in [-0.1, -0.05) is 23.7 Å². The molecule has 1 aliphatic rings. The Kier molecular flexibility index (Phi) is 4.94. The lowest BCUT2D eigenvalue weighted by atomic mass is 10.2. The molecule has 3 rings (SSSR count). The van der Waals surface area contributed by atoms with Gasteiger partial charge < -0.3 is 4.90 Å². The molecule has 1 unspecified atom stereocenters. The van der Waals surface area contributed by atoms with Crippen LogP contribution in [0.25, 0.3) is 10.6 Å². The van der Waals surface area contributed by atoms with Crippen molar-refractivity contribution in [3.05, 3.63) is 40.4 Å². The lowest BCUT2D eigenvalue weighted by Gasteiger charge is -2.25. The molecule has 0 N–H and O–H groups in total. The van der Waals surface area contributed by atoms with E-state index in [4.69, 9.17) is 11.6 Å². The van der Waals surface area contributed by atoms with Gasteiger partial charge in [-0.25, -0.2) is 13.4 Å². The van der Waals surface area contributed by atoms with Crippen LogP contribution in [0.2, 0.25) is 5.02 Å². The first-order valence-electron chi connectivity index (χ1n) is 7.62. The van der Waals surface area contributed by atoms with Gasteiger partial charge in [0.25, 0.3) is 5.91 Å². The highest BCUT2D eigenvalue weighted by Crippen LogP contribution is 2.26. The number of benzene rings is 1. The van der Waals surface area contributed by atoms with Crippen molar-refractivity contribution in [1.82, 2.24) is 9.88 Å². The zero-order valence-corrected chi connectivity index (χ0v) is 15.5. The average molecular weight is 385 g/mol. The van der Waals surface area contributed by atoms with Crippen LogP contribution in [0.1, 0.15) is 23.8 Å². The fourth-order valence-corrected chi connectivity index (χ4v) is 5.49. The zero-order chi connectivity index (χ0) is 17.3. The van der Waals surface area contributed by atoms with Crippen LogP contribution in [0.3, 0.4) is 0 Å². The number of thiazole rings is 1. The van der Waals surface area contributed by atoms with Crippen LogP contribution < -0.4 is 0 Å². The molecule has 24 heavy (non-hydrogen) atoms. The Balaban J connectivity index is 1.80. The molecule has 1 aromatic heterocycles. The number of halogens is 1. The van der Waals surface area contributed by atoms with E-state index >= 15 is 0 Å². The highest BCUT2D eigenvalue weighted by atomic mass is 35.5. The molecule has 128 valence electrons. The van der Waals surface area contributed by atoms with E-state index < -0.39 is 9.84 Å². The van der Waals surface area contributed by atoms with Crippen molar-refractivity contribution >= 4 is 38.7 Å². The van der Waals surface area contributed by atoms with Crippen LogP contribution in [0.5, 0.6) is 0 Å². The minimum atomic E-state index is -3.03. The second-order valence-corrected chi connectivity index (χ2v) is 9.22. The number of amides is 1. The van der Waals surface area contributed by atoms with E-state index in [1.54, 1.807) is 22.4 Å². The van der Waals surface area contributed by atoms with E-state index in [9.17, 15) is 13.2 Å². The topological polar surface area (TPSA) is 67.3 Å². The SMILES string of the molecule is CCN(C(=O)c1csc(-c2ccc(Cl)cc2)n1)C1CCS(=O)(=O)C1. The summed E-state index contributed by atoms with van der Waals surface area (Å²) in [6.07, 6.45) is 0.496. The van der Waals surface area contributed by atoms with Crippen LogP contribution in [0.4, 0.5) is 0 Å². The third kappa shape index (κ3) is 3.63. The maximum atomic E-state index is 12.7. The van der Waals surface area contributed by atoms with Crippen molar-refractivity contribution in [2.75, 3.05) is 18.1 Å². The van der Waals surface area contributed by atoms with Gasteiger partial charge in [-0.15, -0.1) is 11.3 Å². The minimum absolute atomic E-state index is 0.0424. The summed E-state index contributed by atoms with van der Waals surface area (Å²) in [5.74, 6) is -0.0222. The van der Waals surface area contributed by atoms with Crippen molar-refractivity contribution in [2.45, 2.75) is 19.4 Å². The smallest absolute Gasteiger partial charge is 0.273 e. The molecule has 0 spiro atoms. The summed E-state index contributed by atoms with van der Waals surface area (Å²) >= 11 is 7.27. The van der Waals surface area contributed by atoms with Crippen molar-refractivity contribution in [1.29, 1.82) is 0 Å². The predicted molar refractivity (Wildman–Crippen MR) is 96.3 cm³/mol. The minimum Gasteiger partial charge on any atom is -0.334 e. The molecular weight excluding hydrogens is 368 g/mol. The summed E-state index contributed by atoms with van der Waals surface area (Å²) in [4.78, 5) is 18.8. The third-order valence-electron chi connectivity index (χ3n) is 4.07. The Morgan fingerprint density at radius 1 is 1.38 bits per heavy atom. The number of nitrogens with zero attached hydrogens (tertiary/aromatic N) is 2. The van der Waals surface area contributed by atoms with Crippen LogP contribution in [-0.4, -0.2) is 48.3 Å². The molecule has 0 bridgehead atoms. The molecule has 1 amide bonds. The average Bonchev–Trinajstić information content (AvgIpc) is 3.16. The molecule has 1 aliphatic heterocycles. The second-order valence-electron chi connectivity index (χ2n) is 5.69. The van der Waals surface area contributed by atoms with Crippen molar-refractivity contribution in [3.63, 3.8) is 0 Å². The van der Waals surface area contributed by atoms with Gasteiger partial charge in [0.05, 0.1) is 11.5 Å². The van der Waals surface area contributed by atoms with Gasteiger partial charge in [0.1, 0.15) is 10.7 Å². The molecule has 1 aromatic carbocycles. The van der Waals surface area contributed by atoms with Crippen LogP contribution in [0, 0.1) is 0 Å². The van der Waals surface area contributed by atoms with Gasteiger partial charge in [-0.3, -0.25) is 4.79 Å².